The molecule has 1 N–H and O–H groups in total. The van der Waals surface area contributed by atoms with Gasteiger partial charge in [-0.05, 0) is 26.0 Å². The standard InChI is InChI=1S/C14H20F3NO2/c1-4-7-18-10(2)12-6-5-11(19-3)8-13(12)20-9-14(15,16)17/h5-6,8,10,18H,4,7,9H2,1-3H3. The number of hydrogen-bond donors (Lipinski definition) is 1. The fourth-order valence-electron chi connectivity index (χ4n) is 1.75. The number of ether oxygens (including phenoxy) is 2. The van der Waals surface area contributed by atoms with E-state index in [0.29, 0.717) is 11.3 Å². The van der Waals surface area contributed by atoms with Crippen LogP contribution in [0.25, 0.3) is 0 Å². The number of nitrogens with one attached hydrogen (secondary N) is 1. The van der Waals surface area contributed by atoms with Crippen molar-refractivity contribution >= 4 is 0 Å². The topological polar surface area (TPSA) is 30.5 Å². The van der Waals surface area contributed by atoms with E-state index in [2.05, 4.69) is 5.32 Å². The molecule has 1 aromatic carbocycles. The summed E-state index contributed by atoms with van der Waals surface area (Å²) >= 11 is 0. The molecule has 0 radical (unpaired) electrons. The highest BCUT2D eigenvalue weighted by atomic mass is 19.4. The van der Waals surface area contributed by atoms with Gasteiger partial charge in [0.2, 0.25) is 0 Å². The Balaban J connectivity index is 2.91. The summed E-state index contributed by atoms with van der Waals surface area (Å²) in [5.74, 6) is 0.659. The van der Waals surface area contributed by atoms with Gasteiger partial charge in [0.15, 0.2) is 6.61 Å². The molecule has 0 bridgehead atoms. The molecular weight excluding hydrogens is 271 g/mol. The quantitative estimate of drug-likeness (QED) is 0.831. The Morgan fingerprint density at radius 1 is 1.30 bits per heavy atom. The van der Waals surface area contributed by atoms with Gasteiger partial charge >= 0.3 is 6.18 Å². The van der Waals surface area contributed by atoms with E-state index in [0.717, 1.165) is 13.0 Å². The number of methoxy groups -OCH3 is 1. The first-order chi connectivity index (χ1) is 9.37. The minimum absolute atomic E-state index is 0.0934. The van der Waals surface area contributed by atoms with Gasteiger partial charge in [0.25, 0.3) is 0 Å². The van der Waals surface area contributed by atoms with Gasteiger partial charge in [0, 0.05) is 17.7 Å². The lowest BCUT2D eigenvalue weighted by Crippen LogP contribution is -2.23. The van der Waals surface area contributed by atoms with Crippen molar-refractivity contribution in [2.45, 2.75) is 32.5 Å². The molecule has 0 saturated carbocycles. The number of alkyl halides is 3. The lowest BCUT2D eigenvalue weighted by atomic mass is 10.1. The van der Waals surface area contributed by atoms with E-state index in [1.54, 1.807) is 12.1 Å². The summed E-state index contributed by atoms with van der Waals surface area (Å²) in [5.41, 5.74) is 0.684. The molecule has 20 heavy (non-hydrogen) atoms. The monoisotopic (exact) mass is 291 g/mol. The smallest absolute Gasteiger partial charge is 0.422 e. The lowest BCUT2D eigenvalue weighted by Gasteiger charge is -2.19. The molecule has 1 atom stereocenters. The van der Waals surface area contributed by atoms with Crippen LogP contribution in [0.4, 0.5) is 13.2 Å². The Morgan fingerprint density at radius 3 is 2.55 bits per heavy atom. The highest BCUT2D eigenvalue weighted by Gasteiger charge is 2.29. The number of halogens is 3. The zero-order chi connectivity index (χ0) is 15.2. The van der Waals surface area contributed by atoms with E-state index < -0.39 is 12.8 Å². The van der Waals surface area contributed by atoms with Crippen LogP contribution in [0.3, 0.4) is 0 Å². The zero-order valence-corrected chi connectivity index (χ0v) is 11.9. The minimum Gasteiger partial charge on any atom is -0.497 e. The van der Waals surface area contributed by atoms with Gasteiger partial charge in [-0.15, -0.1) is 0 Å². The van der Waals surface area contributed by atoms with Crippen LogP contribution in [0.2, 0.25) is 0 Å². The van der Waals surface area contributed by atoms with Crippen LogP contribution in [-0.2, 0) is 0 Å². The molecule has 0 spiro atoms. The number of rotatable bonds is 7. The van der Waals surface area contributed by atoms with Gasteiger partial charge in [-0.3, -0.25) is 0 Å². The van der Waals surface area contributed by atoms with Gasteiger partial charge in [-0.2, -0.15) is 13.2 Å². The van der Waals surface area contributed by atoms with Crippen molar-refractivity contribution in [2.24, 2.45) is 0 Å². The molecule has 0 saturated heterocycles. The van der Waals surface area contributed by atoms with E-state index in [1.165, 1.54) is 13.2 Å². The Bertz CT molecular complexity index is 421. The van der Waals surface area contributed by atoms with Crippen LogP contribution in [0, 0.1) is 0 Å². The second-order valence-corrected chi connectivity index (χ2v) is 4.48. The fraction of sp³-hybridized carbons (Fsp3) is 0.571. The third-order valence-corrected chi connectivity index (χ3v) is 2.78. The van der Waals surface area contributed by atoms with E-state index in [9.17, 15) is 13.2 Å². The average Bonchev–Trinajstić information content (AvgIpc) is 2.41. The zero-order valence-electron chi connectivity index (χ0n) is 11.9. The maximum atomic E-state index is 12.3. The summed E-state index contributed by atoms with van der Waals surface area (Å²) < 4.78 is 46.8. The van der Waals surface area contributed by atoms with Crippen molar-refractivity contribution in [3.63, 3.8) is 0 Å². The van der Waals surface area contributed by atoms with Crippen LogP contribution in [0.1, 0.15) is 31.9 Å². The van der Waals surface area contributed by atoms with E-state index in [-0.39, 0.29) is 11.8 Å². The lowest BCUT2D eigenvalue weighted by molar-refractivity contribution is -0.153. The maximum Gasteiger partial charge on any atom is 0.422 e. The molecule has 0 aliphatic rings. The highest BCUT2D eigenvalue weighted by Crippen LogP contribution is 2.31. The van der Waals surface area contributed by atoms with Crippen molar-refractivity contribution in [2.75, 3.05) is 20.3 Å². The van der Waals surface area contributed by atoms with E-state index in [4.69, 9.17) is 9.47 Å². The molecule has 1 aromatic rings. The van der Waals surface area contributed by atoms with Gasteiger partial charge in [-0.25, -0.2) is 0 Å². The summed E-state index contributed by atoms with van der Waals surface area (Å²) in [6.07, 6.45) is -3.42. The Hall–Kier alpha value is -1.43. The summed E-state index contributed by atoms with van der Waals surface area (Å²) in [5, 5.41) is 3.22. The average molecular weight is 291 g/mol. The predicted octanol–water partition coefficient (Wildman–Crippen LogP) is 3.70. The third-order valence-electron chi connectivity index (χ3n) is 2.78. The largest absolute Gasteiger partial charge is 0.497 e. The molecule has 1 rings (SSSR count). The molecule has 114 valence electrons. The molecule has 1 unspecified atom stereocenters. The Labute approximate surface area is 117 Å². The second kappa shape index (κ2) is 7.38. The molecule has 0 aromatic heterocycles. The summed E-state index contributed by atoms with van der Waals surface area (Å²) in [7, 11) is 1.46. The second-order valence-electron chi connectivity index (χ2n) is 4.48. The van der Waals surface area contributed by atoms with Crippen molar-refractivity contribution in [1.29, 1.82) is 0 Å². The van der Waals surface area contributed by atoms with Crippen molar-refractivity contribution in [3.05, 3.63) is 23.8 Å². The first-order valence-corrected chi connectivity index (χ1v) is 6.48. The van der Waals surface area contributed by atoms with Gasteiger partial charge in [0.1, 0.15) is 11.5 Å². The molecule has 0 amide bonds. The van der Waals surface area contributed by atoms with Crippen LogP contribution in [-0.4, -0.2) is 26.4 Å². The summed E-state index contributed by atoms with van der Waals surface area (Å²) in [6, 6.07) is 4.81. The summed E-state index contributed by atoms with van der Waals surface area (Å²) in [6.45, 7) is 3.38. The van der Waals surface area contributed by atoms with Crippen LogP contribution in [0.5, 0.6) is 11.5 Å². The highest BCUT2D eigenvalue weighted by molar-refractivity contribution is 5.42. The molecule has 0 fully saturated rings. The third kappa shape index (κ3) is 5.28. The molecular formula is C14H20F3NO2. The minimum atomic E-state index is -4.36. The number of hydrogen-bond acceptors (Lipinski definition) is 3. The van der Waals surface area contributed by atoms with Crippen molar-refractivity contribution in [3.8, 4) is 11.5 Å². The maximum absolute atomic E-state index is 12.3. The van der Waals surface area contributed by atoms with E-state index in [1.807, 2.05) is 13.8 Å². The first kappa shape index (κ1) is 16.6. The summed E-state index contributed by atoms with van der Waals surface area (Å²) in [4.78, 5) is 0. The van der Waals surface area contributed by atoms with Crippen molar-refractivity contribution in [1.82, 2.24) is 5.32 Å². The molecule has 0 aliphatic heterocycles. The molecule has 0 heterocycles. The van der Waals surface area contributed by atoms with Crippen molar-refractivity contribution < 1.29 is 22.6 Å². The van der Waals surface area contributed by atoms with Crippen LogP contribution < -0.4 is 14.8 Å². The van der Waals surface area contributed by atoms with Gasteiger partial charge in [-0.1, -0.05) is 13.0 Å². The van der Waals surface area contributed by atoms with Gasteiger partial charge in [0.05, 0.1) is 7.11 Å². The first-order valence-electron chi connectivity index (χ1n) is 6.48. The molecule has 3 nitrogen and oxygen atoms in total. The van der Waals surface area contributed by atoms with Gasteiger partial charge < -0.3 is 14.8 Å². The van der Waals surface area contributed by atoms with Crippen LogP contribution in [0.15, 0.2) is 18.2 Å². The predicted molar refractivity (Wildman–Crippen MR) is 71.3 cm³/mol. The Morgan fingerprint density at radius 2 is 2.00 bits per heavy atom. The fourth-order valence-corrected chi connectivity index (χ4v) is 1.75. The Kier molecular flexibility index (Phi) is 6.13. The normalized spacial score (nSPS) is 13.1. The van der Waals surface area contributed by atoms with E-state index >= 15 is 0 Å². The van der Waals surface area contributed by atoms with Crippen LogP contribution >= 0.6 is 0 Å². The SMILES string of the molecule is CCCNC(C)c1ccc(OC)cc1OCC(F)(F)F. The number of benzene rings is 1. The molecule has 6 heteroatoms. The molecule has 0 aliphatic carbocycles.